The van der Waals surface area contributed by atoms with E-state index in [9.17, 15) is 4.79 Å². The maximum Gasteiger partial charge on any atom is 0.269 e. The van der Waals surface area contributed by atoms with Crippen molar-refractivity contribution in [2.45, 2.75) is 12.8 Å². The second kappa shape index (κ2) is 7.25. The molecule has 0 atom stereocenters. The number of hydrogen-bond acceptors (Lipinski definition) is 5. The molecule has 0 bridgehead atoms. The van der Waals surface area contributed by atoms with Crippen LogP contribution in [-0.2, 0) is 9.53 Å². The molecule has 1 amide bonds. The Kier molecular flexibility index (Phi) is 5.35. The number of carbonyl (C=O) groups excluding carboxylic acids is 1. The molecule has 6 heteroatoms. The lowest BCUT2D eigenvalue weighted by Gasteiger charge is -2.19. The van der Waals surface area contributed by atoms with E-state index >= 15 is 0 Å². The van der Waals surface area contributed by atoms with Gasteiger partial charge in [-0.3, -0.25) is 9.79 Å². The van der Waals surface area contributed by atoms with Crippen LogP contribution in [-0.4, -0.2) is 62.5 Å². The number of hydrogen-bond donors (Lipinski definition) is 2. The lowest BCUT2D eigenvalue weighted by Crippen LogP contribution is -2.37. The van der Waals surface area contributed by atoms with Crippen molar-refractivity contribution in [3.05, 3.63) is 11.8 Å². The van der Waals surface area contributed by atoms with Crippen LogP contribution < -0.4 is 11.1 Å². The third kappa shape index (κ3) is 4.33. The highest BCUT2D eigenvalue weighted by Gasteiger charge is 2.18. The molecule has 0 saturated carbocycles. The van der Waals surface area contributed by atoms with Crippen LogP contribution in [0.1, 0.15) is 12.8 Å². The molecule has 0 spiro atoms. The van der Waals surface area contributed by atoms with Crippen molar-refractivity contribution in [3.8, 4) is 0 Å². The van der Waals surface area contributed by atoms with E-state index in [0.717, 1.165) is 31.6 Å². The molecule has 2 rings (SSSR count). The van der Waals surface area contributed by atoms with Crippen molar-refractivity contribution in [2.75, 3.05) is 45.9 Å². The van der Waals surface area contributed by atoms with Crippen LogP contribution in [0.4, 0.5) is 0 Å². The molecule has 0 aromatic heterocycles. The van der Waals surface area contributed by atoms with E-state index in [4.69, 9.17) is 10.5 Å². The number of nitrogens with one attached hydrogen (secondary N) is 1. The van der Waals surface area contributed by atoms with Gasteiger partial charge in [-0.05, 0) is 25.5 Å². The molecule has 2 aliphatic rings. The predicted octanol–water partition coefficient (Wildman–Crippen LogP) is -0.488. The van der Waals surface area contributed by atoms with E-state index in [1.165, 1.54) is 0 Å². The standard InChI is InChI=1S/C13H22N4O2/c14-12(9-11-10-15-3-1-4-16-11)13(18)17-5-2-7-19-8-6-17/h9,15H,1-8,10,14H2. The lowest BCUT2D eigenvalue weighted by molar-refractivity contribution is -0.127. The van der Waals surface area contributed by atoms with Gasteiger partial charge >= 0.3 is 0 Å². The van der Waals surface area contributed by atoms with E-state index in [1.54, 1.807) is 11.0 Å². The number of ether oxygens (including phenoxy) is 1. The fourth-order valence-corrected chi connectivity index (χ4v) is 2.17. The highest BCUT2D eigenvalue weighted by molar-refractivity contribution is 6.04. The fourth-order valence-electron chi connectivity index (χ4n) is 2.17. The summed E-state index contributed by atoms with van der Waals surface area (Å²) in [7, 11) is 0. The SMILES string of the molecule is NC(=CC1=NCCCNC1)C(=O)N1CCCOCC1. The first-order chi connectivity index (χ1) is 9.27. The van der Waals surface area contributed by atoms with Crippen LogP contribution in [0, 0.1) is 0 Å². The van der Waals surface area contributed by atoms with Crippen molar-refractivity contribution in [1.29, 1.82) is 0 Å². The summed E-state index contributed by atoms with van der Waals surface area (Å²) in [5.74, 6) is -0.113. The summed E-state index contributed by atoms with van der Waals surface area (Å²) in [5.41, 5.74) is 7.03. The Bertz CT molecular complexity index is 371. The van der Waals surface area contributed by atoms with Gasteiger partial charge in [0.2, 0.25) is 0 Å². The van der Waals surface area contributed by atoms with Crippen molar-refractivity contribution in [2.24, 2.45) is 10.7 Å². The summed E-state index contributed by atoms with van der Waals surface area (Å²) in [4.78, 5) is 18.4. The molecule has 0 aromatic rings. The average molecular weight is 266 g/mol. The molecule has 0 aromatic carbocycles. The van der Waals surface area contributed by atoms with Crippen LogP contribution in [0.3, 0.4) is 0 Å². The van der Waals surface area contributed by atoms with Gasteiger partial charge in [-0.1, -0.05) is 0 Å². The summed E-state index contributed by atoms with van der Waals surface area (Å²) in [6, 6.07) is 0. The molecular weight excluding hydrogens is 244 g/mol. The minimum absolute atomic E-state index is 0.113. The molecule has 106 valence electrons. The molecule has 19 heavy (non-hydrogen) atoms. The zero-order chi connectivity index (χ0) is 13.5. The highest BCUT2D eigenvalue weighted by atomic mass is 16.5. The normalized spacial score (nSPS) is 22.4. The summed E-state index contributed by atoms with van der Waals surface area (Å²) in [6.45, 7) is 5.04. The monoisotopic (exact) mass is 266 g/mol. The smallest absolute Gasteiger partial charge is 0.269 e. The zero-order valence-corrected chi connectivity index (χ0v) is 11.2. The largest absolute Gasteiger partial charge is 0.394 e. The molecular formula is C13H22N4O2. The summed E-state index contributed by atoms with van der Waals surface area (Å²) in [5, 5.41) is 3.26. The minimum Gasteiger partial charge on any atom is -0.394 e. The van der Waals surface area contributed by atoms with Gasteiger partial charge in [-0.15, -0.1) is 0 Å². The third-order valence-corrected chi connectivity index (χ3v) is 3.21. The Morgan fingerprint density at radius 2 is 2.26 bits per heavy atom. The van der Waals surface area contributed by atoms with Gasteiger partial charge in [0.1, 0.15) is 0 Å². The first-order valence-corrected chi connectivity index (χ1v) is 6.85. The van der Waals surface area contributed by atoms with Crippen LogP contribution in [0.15, 0.2) is 16.8 Å². The molecule has 0 aliphatic carbocycles. The second-order valence-corrected chi connectivity index (χ2v) is 4.76. The topological polar surface area (TPSA) is 79.9 Å². The van der Waals surface area contributed by atoms with E-state index < -0.39 is 0 Å². The first kappa shape index (κ1) is 14.0. The van der Waals surface area contributed by atoms with Gasteiger partial charge in [-0.25, -0.2) is 0 Å². The molecule has 1 fully saturated rings. The van der Waals surface area contributed by atoms with Gasteiger partial charge in [0.05, 0.1) is 18.0 Å². The summed E-state index contributed by atoms with van der Waals surface area (Å²) < 4.78 is 5.33. The van der Waals surface area contributed by atoms with Crippen LogP contribution in [0.5, 0.6) is 0 Å². The molecule has 0 unspecified atom stereocenters. The van der Waals surface area contributed by atoms with E-state index in [1.807, 2.05) is 0 Å². The fraction of sp³-hybridized carbons (Fsp3) is 0.692. The van der Waals surface area contributed by atoms with E-state index in [2.05, 4.69) is 10.3 Å². The average Bonchev–Trinajstić information content (AvgIpc) is 2.82. The van der Waals surface area contributed by atoms with Crippen molar-refractivity contribution < 1.29 is 9.53 Å². The number of nitrogens with zero attached hydrogens (tertiary/aromatic N) is 2. The highest BCUT2D eigenvalue weighted by Crippen LogP contribution is 2.04. The van der Waals surface area contributed by atoms with E-state index in [0.29, 0.717) is 32.8 Å². The Hall–Kier alpha value is -1.40. The zero-order valence-electron chi connectivity index (χ0n) is 11.2. The predicted molar refractivity (Wildman–Crippen MR) is 74.1 cm³/mol. The van der Waals surface area contributed by atoms with Crippen LogP contribution >= 0.6 is 0 Å². The molecule has 1 saturated heterocycles. The number of carbonyl (C=O) groups is 1. The maximum absolute atomic E-state index is 12.2. The van der Waals surface area contributed by atoms with Gasteiger partial charge < -0.3 is 20.7 Å². The quantitative estimate of drug-likeness (QED) is 0.661. The third-order valence-electron chi connectivity index (χ3n) is 3.21. The minimum atomic E-state index is -0.113. The molecule has 0 radical (unpaired) electrons. The first-order valence-electron chi connectivity index (χ1n) is 6.85. The molecule has 6 nitrogen and oxygen atoms in total. The van der Waals surface area contributed by atoms with Crippen molar-refractivity contribution in [1.82, 2.24) is 10.2 Å². The lowest BCUT2D eigenvalue weighted by atomic mass is 10.2. The number of nitrogens with two attached hydrogens (primary N) is 1. The maximum atomic E-state index is 12.2. The van der Waals surface area contributed by atoms with Gasteiger partial charge in [0.15, 0.2) is 0 Å². The molecule has 2 aliphatic heterocycles. The number of rotatable bonds is 2. The molecule has 3 N–H and O–H groups in total. The summed E-state index contributed by atoms with van der Waals surface area (Å²) >= 11 is 0. The van der Waals surface area contributed by atoms with Gasteiger partial charge in [-0.2, -0.15) is 0 Å². The summed E-state index contributed by atoms with van der Waals surface area (Å²) in [6.07, 6.45) is 3.59. The number of aliphatic imine (C=N–C) groups is 1. The van der Waals surface area contributed by atoms with Gasteiger partial charge in [0.25, 0.3) is 5.91 Å². The van der Waals surface area contributed by atoms with Crippen molar-refractivity contribution >= 4 is 11.6 Å². The van der Waals surface area contributed by atoms with Crippen LogP contribution in [0.25, 0.3) is 0 Å². The second-order valence-electron chi connectivity index (χ2n) is 4.76. The Morgan fingerprint density at radius 1 is 1.37 bits per heavy atom. The Morgan fingerprint density at radius 3 is 3.16 bits per heavy atom. The Balaban J connectivity index is 1.98. The number of amides is 1. The van der Waals surface area contributed by atoms with Crippen LogP contribution in [0.2, 0.25) is 0 Å². The van der Waals surface area contributed by atoms with E-state index in [-0.39, 0.29) is 11.6 Å². The molecule has 2 heterocycles. The Labute approximate surface area is 113 Å². The van der Waals surface area contributed by atoms with Gasteiger partial charge in [0, 0.05) is 32.8 Å². The van der Waals surface area contributed by atoms with Crippen molar-refractivity contribution in [3.63, 3.8) is 0 Å².